The van der Waals surface area contributed by atoms with Crippen molar-refractivity contribution in [3.63, 3.8) is 0 Å². The molecule has 2 atom stereocenters. The highest BCUT2D eigenvalue weighted by Gasteiger charge is 2.33. The average molecular weight is 627 g/mol. The number of fused-ring (bicyclic) bond motifs is 3. The smallest absolute Gasteiger partial charge is 0.140 e. The number of hydrogen-bond donors (Lipinski definition) is 0. The van der Waals surface area contributed by atoms with Gasteiger partial charge in [-0.25, -0.2) is 14.1 Å². The topological polar surface area (TPSA) is 44.9 Å². The Morgan fingerprint density at radius 3 is 2.45 bits per heavy atom. The highest BCUT2D eigenvalue weighted by Crippen LogP contribution is 2.45. The largest absolute Gasteiger partial charge is 0.457 e. The Kier molecular flexibility index (Phi) is 8.44. The van der Waals surface area contributed by atoms with Crippen LogP contribution < -0.4 is 4.74 Å². The van der Waals surface area contributed by atoms with Crippen molar-refractivity contribution in [3.05, 3.63) is 119 Å². The average Bonchev–Trinajstić information content (AvgIpc) is 3.62. The molecule has 3 heterocycles. The maximum Gasteiger partial charge on any atom is 0.140 e. The molecule has 0 spiro atoms. The van der Waals surface area contributed by atoms with Gasteiger partial charge in [-0.3, -0.25) is 4.57 Å². The van der Waals surface area contributed by atoms with Gasteiger partial charge in [0.2, 0.25) is 0 Å². The molecule has 0 saturated carbocycles. The van der Waals surface area contributed by atoms with Gasteiger partial charge < -0.3 is 4.74 Å². The second-order valence-electron chi connectivity index (χ2n) is 12.8. The summed E-state index contributed by atoms with van der Waals surface area (Å²) < 4.78 is 25.1. The fourth-order valence-corrected chi connectivity index (χ4v) is 7.82. The lowest BCUT2D eigenvalue weighted by atomic mass is 9.71. The van der Waals surface area contributed by atoms with E-state index in [1.54, 1.807) is 5.57 Å². The first-order valence-electron chi connectivity index (χ1n) is 17.2. The van der Waals surface area contributed by atoms with E-state index in [4.69, 9.17) is 9.84 Å². The third-order valence-electron chi connectivity index (χ3n) is 9.92. The second-order valence-corrected chi connectivity index (χ2v) is 12.8. The van der Waals surface area contributed by atoms with E-state index < -0.39 is 0 Å². The molecule has 0 bridgehead atoms. The number of para-hydroxylation sites is 1. The van der Waals surface area contributed by atoms with Crippen LogP contribution >= 0.6 is 0 Å². The van der Waals surface area contributed by atoms with Crippen LogP contribution in [0.25, 0.3) is 33.3 Å². The summed E-state index contributed by atoms with van der Waals surface area (Å²) in [5.41, 5.74) is 9.52. The van der Waals surface area contributed by atoms with Crippen molar-refractivity contribution in [2.45, 2.75) is 79.1 Å². The van der Waals surface area contributed by atoms with E-state index in [1.807, 2.05) is 34.9 Å². The van der Waals surface area contributed by atoms with Gasteiger partial charge in [-0.2, -0.15) is 5.10 Å². The van der Waals surface area contributed by atoms with Crippen molar-refractivity contribution in [1.82, 2.24) is 19.3 Å². The highest BCUT2D eigenvalue weighted by molar-refractivity contribution is 6.09. The standard InChI is InChI=1S/C41H43FN4O/c1-6-27-13-12-14-28(7-2)40(27)41-35(8-3)44-46(36(41)9-4)30-21-26(5)22-32(24-30)47-31-17-18-34-33-15-10-11-16-37(33)45(38(34)25-31)39-23-29(42)19-20-43-39/h10-11,13,15-25,28,40H,6-9,12,14H2,1-5H3/t28-,40+/m0/s1. The van der Waals surface area contributed by atoms with Gasteiger partial charge in [0.25, 0.3) is 0 Å². The van der Waals surface area contributed by atoms with E-state index in [-0.39, 0.29) is 5.82 Å². The summed E-state index contributed by atoms with van der Waals surface area (Å²) in [6, 6.07) is 23.5. The molecule has 3 aromatic carbocycles. The fraction of sp³-hybridized carbons (Fsp3) is 0.317. The summed E-state index contributed by atoms with van der Waals surface area (Å²) >= 11 is 0. The van der Waals surface area contributed by atoms with Crippen molar-refractivity contribution < 1.29 is 9.13 Å². The van der Waals surface area contributed by atoms with Crippen LogP contribution in [0.15, 0.2) is 90.6 Å². The van der Waals surface area contributed by atoms with Gasteiger partial charge in [-0.15, -0.1) is 0 Å². The van der Waals surface area contributed by atoms with Gasteiger partial charge in [0, 0.05) is 52.3 Å². The summed E-state index contributed by atoms with van der Waals surface area (Å²) in [6.45, 7) is 11.2. The number of allylic oxidation sites excluding steroid dienone is 2. The van der Waals surface area contributed by atoms with Crippen molar-refractivity contribution in [2.75, 3.05) is 0 Å². The lowest BCUT2D eigenvalue weighted by Gasteiger charge is -2.33. The molecule has 0 aliphatic heterocycles. The number of ether oxygens (including phenoxy) is 1. The second kappa shape index (κ2) is 12.8. The zero-order valence-electron chi connectivity index (χ0n) is 28.1. The summed E-state index contributed by atoms with van der Waals surface area (Å²) in [4.78, 5) is 4.51. The van der Waals surface area contributed by atoms with Crippen molar-refractivity contribution in [3.8, 4) is 23.0 Å². The molecule has 5 nitrogen and oxygen atoms in total. The number of aromatic nitrogens is 4. The Morgan fingerprint density at radius 1 is 0.851 bits per heavy atom. The molecular formula is C41H43FN4O. The minimum atomic E-state index is -0.323. The minimum absolute atomic E-state index is 0.323. The highest BCUT2D eigenvalue weighted by atomic mass is 19.1. The number of hydrogen-bond acceptors (Lipinski definition) is 3. The van der Waals surface area contributed by atoms with Crippen molar-refractivity contribution in [2.24, 2.45) is 5.92 Å². The first-order valence-corrected chi connectivity index (χ1v) is 17.2. The number of pyridine rings is 1. The first-order chi connectivity index (χ1) is 22.9. The van der Waals surface area contributed by atoms with E-state index in [0.717, 1.165) is 58.1 Å². The number of aryl methyl sites for hydroxylation is 2. The number of rotatable bonds is 9. The molecule has 0 amide bonds. The minimum Gasteiger partial charge on any atom is -0.457 e. The quantitative estimate of drug-likeness (QED) is 0.150. The molecule has 0 unspecified atom stereocenters. The van der Waals surface area contributed by atoms with Crippen molar-refractivity contribution >= 4 is 21.8 Å². The first kappa shape index (κ1) is 30.9. The number of benzene rings is 3. The Labute approximate surface area is 276 Å². The Morgan fingerprint density at radius 2 is 1.68 bits per heavy atom. The third kappa shape index (κ3) is 5.54. The molecule has 0 radical (unpaired) electrons. The Hall–Kier alpha value is -4.71. The molecule has 0 saturated heterocycles. The Balaban J connectivity index is 1.31. The van der Waals surface area contributed by atoms with Crippen LogP contribution in [0.3, 0.4) is 0 Å². The normalized spacial score (nSPS) is 16.6. The summed E-state index contributed by atoms with van der Waals surface area (Å²) in [7, 11) is 0. The van der Waals surface area contributed by atoms with Gasteiger partial charge in [0.1, 0.15) is 23.1 Å². The molecular weight excluding hydrogens is 583 g/mol. The van der Waals surface area contributed by atoms with Crippen molar-refractivity contribution in [1.29, 1.82) is 0 Å². The molecule has 0 N–H and O–H groups in total. The maximum absolute atomic E-state index is 14.3. The molecule has 1 aliphatic carbocycles. The molecule has 6 aromatic rings. The van der Waals surface area contributed by atoms with Crippen LogP contribution in [0.4, 0.5) is 4.39 Å². The summed E-state index contributed by atoms with van der Waals surface area (Å²) in [5.74, 6) is 2.74. The Bertz CT molecular complexity index is 2120. The predicted molar refractivity (Wildman–Crippen MR) is 190 cm³/mol. The monoisotopic (exact) mass is 626 g/mol. The zero-order chi connectivity index (χ0) is 32.7. The van der Waals surface area contributed by atoms with E-state index >= 15 is 0 Å². The molecule has 6 heteroatoms. The maximum atomic E-state index is 14.3. The van der Waals surface area contributed by atoms with Gasteiger partial charge in [0.15, 0.2) is 0 Å². The van der Waals surface area contributed by atoms with E-state index in [1.165, 1.54) is 54.5 Å². The van der Waals surface area contributed by atoms with Crippen LogP contribution in [0.1, 0.15) is 81.8 Å². The molecule has 7 rings (SSSR count). The van der Waals surface area contributed by atoms with Crippen LogP contribution in [0.2, 0.25) is 0 Å². The predicted octanol–water partition coefficient (Wildman–Crippen LogP) is 11.0. The molecule has 0 fully saturated rings. The molecule has 240 valence electrons. The van der Waals surface area contributed by atoms with Crippen LogP contribution in [0.5, 0.6) is 11.5 Å². The molecule has 1 aliphatic rings. The molecule has 3 aromatic heterocycles. The summed E-state index contributed by atoms with van der Waals surface area (Å²) in [5, 5.41) is 7.42. The van der Waals surface area contributed by atoms with Crippen LogP contribution in [-0.4, -0.2) is 19.3 Å². The van der Waals surface area contributed by atoms with E-state index in [0.29, 0.717) is 23.4 Å². The lowest BCUT2D eigenvalue weighted by Crippen LogP contribution is -2.20. The lowest BCUT2D eigenvalue weighted by molar-refractivity contribution is 0.392. The number of nitrogens with zero attached hydrogens (tertiary/aromatic N) is 4. The SMILES string of the molecule is CCC1=CCC[C@H](CC)[C@@H]1c1c(CC)nn(-c2cc(C)cc(Oc3ccc4c5ccccc5n(-c5cc(F)ccn5)c4c3)c2)c1CC. The van der Waals surface area contributed by atoms with Gasteiger partial charge >= 0.3 is 0 Å². The summed E-state index contributed by atoms with van der Waals surface area (Å²) in [6.07, 6.45) is 10.5. The van der Waals surface area contributed by atoms with Gasteiger partial charge in [-0.05, 0) is 86.9 Å². The zero-order valence-corrected chi connectivity index (χ0v) is 28.1. The van der Waals surface area contributed by atoms with Gasteiger partial charge in [0.05, 0.1) is 22.4 Å². The van der Waals surface area contributed by atoms with E-state index in [2.05, 4.69) is 80.7 Å². The van der Waals surface area contributed by atoms with Gasteiger partial charge in [-0.1, -0.05) is 64.0 Å². The van der Waals surface area contributed by atoms with Crippen LogP contribution in [-0.2, 0) is 12.8 Å². The molecule has 47 heavy (non-hydrogen) atoms. The van der Waals surface area contributed by atoms with E-state index in [9.17, 15) is 4.39 Å². The van der Waals surface area contributed by atoms with Crippen LogP contribution in [0, 0.1) is 18.7 Å². The third-order valence-corrected chi connectivity index (χ3v) is 9.92. The number of halogens is 1. The fourth-order valence-electron chi connectivity index (χ4n) is 7.82.